The molecule has 2 rings (SSSR count). The number of ether oxygens (including phenoxy) is 1. The number of benzene rings is 1. The molecular weight excluding hydrogens is 356 g/mol. The van der Waals surface area contributed by atoms with Gasteiger partial charge in [-0.15, -0.1) is 0 Å². The van der Waals surface area contributed by atoms with Crippen molar-refractivity contribution in [2.75, 3.05) is 25.0 Å². The van der Waals surface area contributed by atoms with E-state index >= 15 is 0 Å². The van der Waals surface area contributed by atoms with Gasteiger partial charge in [-0.05, 0) is 44.9 Å². The van der Waals surface area contributed by atoms with E-state index in [1.165, 1.54) is 22.5 Å². The normalized spacial score (nSPS) is 15.2. The van der Waals surface area contributed by atoms with Crippen molar-refractivity contribution < 1.29 is 22.7 Å². The largest absolute Gasteiger partial charge is 0.452 e. The van der Waals surface area contributed by atoms with Crippen LogP contribution in [-0.4, -0.2) is 44.3 Å². The Morgan fingerprint density at radius 2 is 1.88 bits per heavy atom. The van der Waals surface area contributed by atoms with Crippen molar-refractivity contribution in [2.45, 2.75) is 38.0 Å². The van der Waals surface area contributed by atoms with E-state index in [9.17, 15) is 18.0 Å². The summed E-state index contributed by atoms with van der Waals surface area (Å²) in [7, 11) is -3.57. The number of allylic oxidation sites excluding steroid dienone is 1. The maximum Gasteiger partial charge on any atom is 0.331 e. The highest BCUT2D eigenvalue weighted by atomic mass is 32.2. The smallest absolute Gasteiger partial charge is 0.331 e. The van der Waals surface area contributed by atoms with Crippen LogP contribution in [-0.2, 0) is 24.3 Å². The lowest BCUT2D eigenvalue weighted by Gasteiger charge is -2.26. The van der Waals surface area contributed by atoms with Gasteiger partial charge in [0.05, 0.1) is 4.90 Å². The first kappa shape index (κ1) is 20.1. The maximum atomic E-state index is 12.7. The Kier molecular flexibility index (Phi) is 6.93. The Bertz CT molecular complexity index is 792. The Hall–Kier alpha value is -2.19. The quantitative estimate of drug-likeness (QED) is 0.604. The fraction of sp³-hybridized carbons (Fsp3) is 0.444. The molecule has 1 aliphatic rings. The van der Waals surface area contributed by atoms with E-state index in [4.69, 9.17) is 4.74 Å². The molecule has 0 unspecified atom stereocenters. The van der Waals surface area contributed by atoms with Crippen molar-refractivity contribution in [3.05, 3.63) is 35.9 Å². The summed E-state index contributed by atoms with van der Waals surface area (Å²) in [5, 5.41) is 2.55. The molecule has 8 heteroatoms. The summed E-state index contributed by atoms with van der Waals surface area (Å²) < 4.78 is 31.7. The number of carbonyl (C=O) groups excluding carboxylic acids is 2. The van der Waals surface area contributed by atoms with Gasteiger partial charge in [0.2, 0.25) is 10.0 Å². The van der Waals surface area contributed by atoms with Crippen LogP contribution in [0.3, 0.4) is 0 Å². The first-order chi connectivity index (χ1) is 12.3. The Morgan fingerprint density at radius 3 is 2.54 bits per heavy atom. The van der Waals surface area contributed by atoms with Crippen molar-refractivity contribution in [3.8, 4) is 0 Å². The number of sulfonamides is 1. The zero-order valence-corrected chi connectivity index (χ0v) is 15.8. The summed E-state index contributed by atoms with van der Waals surface area (Å²) >= 11 is 0. The average Bonchev–Trinajstić information content (AvgIpc) is 2.60. The first-order valence-electron chi connectivity index (χ1n) is 8.51. The van der Waals surface area contributed by atoms with Gasteiger partial charge < -0.3 is 10.1 Å². The molecule has 0 atom stereocenters. The lowest BCUT2D eigenvalue weighted by molar-refractivity contribution is -0.142. The summed E-state index contributed by atoms with van der Waals surface area (Å²) in [4.78, 5) is 23.4. The molecule has 7 nitrogen and oxygen atoms in total. The molecule has 0 spiro atoms. The van der Waals surface area contributed by atoms with Gasteiger partial charge in [-0.2, -0.15) is 4.31 Å². The number of piperidine rings is 1. The lowest BCUT2D eigenvalue weighted by atomic mass is 10.2. The van der Waals surface area contributed by atoms with Crippen LogP contribution in [0.4, 0.5) is 5.69 Å². The molecule has 0 aromatic heterocycles. The van der Waals surface area contributed by atoms with Crippen molar-refractivity contribution in [3.63, 3.8) is 0 Å². The predicted octanol–water partition coefficient (Wildman–Crippen LogP) is 2.31. The molecule has 1 N–H and O–H groups in total. The fourth-order valence-electron chi connectivity index (χ4n) is 2.60. The molecule has 1 aromatic carbocycles. The third kappa shape index (κ3) is 5.67. The fourth-order valence-corrected chi connectivity index (χ4v) is 4.16. The molecule has 0 aliphatic carbocycles. The van der Waals surface area contributed by atoms with E-state index in [1.54, 1.807) is 26.0 Å². The molecule has 1 aromatic rings. The van der Waals surface area contributed by atoms with Gasteiger partial charge in [0.15, 0.2) is 6.61 Å². The van der Waals surface area contributed by atoms with Crippen molar-refractivity contribution in [2.24, 2.45) is 0 Å². The predicted molar refractivity (Wildman–Crippen MR) is 98.1 cm³/mol. The highest BCUT2D eigenvalue weighted by Gasteiger charge is 2.26. The van der Waals surface area contributed by atoms with Crippen molar-refractivity contribution in [1.29, 1.82) is 0 Å². The van der Waals surface area contributed by atoms with E-state index in [-0.39, 0.29) is 4.90 Å². The SMILES string of the molecule is CC(C)=CC(=O)OCC(=O)Nc1cccc(S(=O)(=O)N2CCCCC2)c1. The van der Waals surface area contributed by atoms with Crippen LogP contribution in [0.25, 0.3) is 0 Å². The minimum atomic E-state index is -3.57. The number of hydrogen-bond acceptors (Lipinski definition) is 5. The van der Waals surface area contributed by atoms with Crippen molar-refractivity contribution >= 4 is 27.6 Å². The standard InChI is InChI=1S/C18H24N2O5S/c1-14(2)11-18(22)25-13-17(21)19-15-7-6-8-16(12-15)26(23,24)20-9-4-3-5-10-20/h6-8,11-12H,3-5,9-10,13H2,1-2H3,(H,19,21). The molecule has 0 saturated carbocycles. The number of nitrogens with zero attached hydrogens (tertiary/aromatic N) is 1. The third-order valence-corrected chi connectivity index (χ3v) is 5.72. The second-order valence-electron chi connectivity index (χ2n) is 6.37. The van der Waals surface area contributed by atoms with Gasteiger partial charge in [0.1, 0.15) is 0 Å². The third-order valence-electron chi connectivity index (χ3n) is 3.82. The summed E-state index contributed by atoms with van der Waals surface area (Å²) in [5.74, 6) is -1.13. The number of hydrogen-bond donors (Lipinski definition) is 1. The molecule has 1 amide bonds. The Morgan fingerprint density at radius 1 is 1.19 bits per heavy atom. The second-order valence-corrected chi connectivity index (χ2v) is 8.31. The first-order valence-corrected chi connectivity index (χ1v) is 9.95. The van der Waals surface area contributed by atoms with Crippen LogP contribution >= 0.6 is 0 Å². The summed E-state index contributed by atoms with van der Waals surface area (Å²) in [6, 6.07) is 6.08. The van der Waals surface area contributed by atoms with Crippen LogP contribution in [0.5, 0.6) is 0 Å². The Labute approximate surface area is 154 Å². The number of anilines is 1. The number of rotatable bonds is 6. The van der Waals surface area contributed by atoms with Crippen LogP contribution in [0.15, 0.2) is 40.8 Å². The summed E-state index contributed by atoms with van der Waals surface area (Å²) in [6.07, 6.45) is 4.03. The molecule has 1 saturated heterocycles. The van der Waals surface area contributed by atoms with Crippen LogP contribution in [0, 0.1) is 0 Å². The minimum Gasteiger partial charge on any atom is -0.452 e. The molecule has 1 aliphatic heterocycles. The summed E-state index contributed by atoms with van der Waals surface area (Å²) in [6.45, 7) is 4.08. The van der Waals surface area contributed by atoms with E-state index < -0.39 is 28.5 Å². The number of amides is 1. The van der Waals surface area contributed by atoms with E-state index in [0.717, 1.165) is 24.8 Å². The van der Waals surface area contributed by atoms with Gasteiger partial charge in [0, 0.05) is 24.9 Å². The van der Waals surface area contributed by atoms with Crippen LogP contribution in [0.2, 0.25) is 0 Å². The Balaban J connectivity index is 2.01. The van der Waals surface area contributed by atoms with Gasteiger partial charge in [-0.3, -0.25) is 4.79 Å². The van der Waals surface area contributed by atoms with Gasteiger partial charge >= 0.3 is 5.97 Å². The van der Waals surface area contributed by atoms with Gasteiger partial charge in [-0.25, -0.2) is 13.2 Å². The molecule has 142 valence electrons. The number of nitrogens with one attached hydrogen (secondary N) is 1. The van der Waals surface area contributed by atoms with Gasteiger partial charge in [0.25, 0.3) is 5.91 Å². The number of carbonyl (C=O) groups is 2. The molecule has 1 heterocycles. The molecule has 1 fully saturated rings. The second kappa shape index (κ2) is 8.95. The molecule has 26 heavy (non-hydrogen) atoms. The number of esters is 1. The van der Waals surface area contributed by atoms with Crippen molar-refractivity contribution in [1.82, 2.24) is 4.31 Å². The van der Waals surface area contributed by atoms with E-state index in [0.29, 0.717) is 18.8 Å². The molecular formula is C18H24N2O5S. The highest BCUT2D eigenvalue weighted by Crippen LogP contribution is 2.22. The maximum absolute atomic E-state index is 12.7. The zero-order valence-electron chi connectivity index (χ0n) is 15.0. The lowest BCUT2D eigenvalue weighted by Crippen LogP contribution is -2.35. The summed E-state index contributed by atoms with van der Waals surface area (Å²) in [5.41, 5.74) is 1.11. The minimum absolute atomic E-state index is 0.138. The molecule has 0 radical (unpaired) electrons. The zero-order chi connectivity index (χ0) is 19.2. The highest BCUT2D eigenvalue weighted by molar-refractivity contribution is 7.89. The topological polar surface area (TPSA) is 92.8 Å². The monoisotopic (exact) mass is 380 g/mol. The van der Waals surface area contributed by atoms with Crippen LogP contribution in [0.1, 0.15) is 33.1 Å². The van der Waals surface area contributed by atoms with E-state index in [1.807, 2.05) is 0 Å². The van der Waals surface area contributed by atoms with Gasteiger partial charge in [-0.1, -0.05) is 18.1 Å². The average molecular weight is 380 g/mol. The van der Waals surface area contributed by atoms with E-state index in [2.05, 4.69) is 5.32 Å². The molecule has 0 bridgehead atoms. The van der Waals surface area contributed by atoms with Crippen LogP contribution < -0.4 is 5.32 Å².